The Balaban J connectivity index is 1.83. The molecule has 1 aliphatic carbocycles. The van der Waals surface area contributed by atoms with Crippen LogP contribution in [-0.2, 0) is 16.4 Å². The fourth-order valence-electron chi connectivity index (χ4n) is 3.21. The highest BCUT2D eigenvalue weighted by Gasteiger charge is 2.28. The Morgan fingerprint density at radius 2 is 1.92 bits per heavy atom. The number of benzene rings is 2. The van der Waals surface area contributed by atoms with Gasteiger partial charge in [0.15, 0.2) is 0 Å². The van der Waals surface area contributed by atoms with Crippen LogP contribution in [0.1, 0.15) is 33.9 Å². The molecular formula is C18H20N2O3S. The third-order valence-corrected chi connectivity index (χ3v) is 4.91. The quantitative estimate of drug-likeness (QED) is 0.927. The molecule has 3 rings (SSSR count). The van der Waals surface area contributed by atoms with Crippen molar-refractivity contribution in [2.75, 3.05) is 18.0 Å². The molecule has 1 N–H and O–H groups in total. The van der Waals surface area contributed by atoms with Gasteiger partial charge >= 0.3 is 0 Å². The van der Waals surface area contributed by atoms with E-state index in [-0.39, 0.29) is 11.9 Å². The lowest BCUT2D eigenvalue weighted by Crippen LogP contribution is -2.30. The molecule has 0 spiro atoms. The van der Waals surface area contributed by atoms with E-state index in [9.17, 15) is 13.2 Å². The third-order valence-electron chi connectivity index (χ3n) is 4.30. The van der Waals surface area contributed by atoms with Crippen LogP contribution in [0.2, 0.25) is 0 Å². The van der Waals surface area contributed by atoms with Crippen LogP contribution in [-0.4, -0.2) is 32.5 Å². The summed E-state index contributed by atoms with van der Waals surface area (Å²) in [4.78, 5) is 14.5. The van der Waals surface area contributed by atoms with Gasteiger partial charge in [-0.15, -0.1) is 0 Å². The summed E-state index contributed by atoms with van der Waals surface area (Å²) in [5.41, 5.74) is 3.34. The number of rotatable bonds is 4. The summed E-state index contributed by atoms with van der Waals surface area (Å²) in [6.45, 7) is 0. The number of hydrogen-bond donors (Lipinski definition) is 1. The van der Waals surface area contributed by atoms with Gasteiger partial charge in [0.05, 0.1) is 12.3 Å². The van der Waals surface area contributed by atoms with Crippen LogP contribution in [0.5, 0.6) is 0 Å². The highest BCUT2D eigenvalue weighted by atomic mass is 32.2. The summed E-state index contributed by atoms with van der Waals surface area (Å²) >= 11 is 0. The Bertz CT molecular complexity index is 877. The number of carbonyl (C=O) groups is 1. The van der Waals surface area contributed by atoms with E-state index in [0.29, 0.717) is 11.3 Å². The SMILES string of the molecule is CN(C(=O)c1cccc(NS(C)(=O)=O)c1)C1CCc2ccccc21. The fraction of sp³-hybridized carbons (Fsp3) is 0.278. The molecule has 1 amide bonds. The van der Waals surface area contributed by atoms with E-state index < -0.39 is 10.0 Å². The number of nitrogens with one attached hydrogen (secondary N) is 1. The smallest absolute Gasteiger partial charge is 0.254 e. The van der Waals surface area contributed by atoms with Crippen LogP contribution in [0.3, 0.4) is 0 Å². The molecule has 1 aliphatic rings. The van der Waals surface area contributed by atoms with Crippen LogP contribution in [0.4, 0.5) is 5.69 Å². The Hall–Kier alpha value is -2.34. The first-order valence-corrected chi connectivity index (χ1v) is 9.67. The first kappa shape index (κ1) is 16.5. The van der Waals surface area contributed by atoms with Crippen LogP contribution >= 0.6 is 0 Å². The normalized spacial score (nSPS) is 16.5. The lowest BCUT2D eigenvalue weighted by atomic mass is 10.1. The van der Waals surface area contributed by atoms with E-state index in [4.69, 9.17) is 0 Å². The monoisotopic (exact) mass is 344 g/mol. The Morgan fingerprint density at radius 1 is 1.17 bits per heavy atom. The number of carbonyl (C=O) groups excluding carboxylic acids is 1. The van der Waals surface area contributed by atoms with Crippen molar-refractivity contribution >= 4 is 21.6 Å². The zero-order valence-corrected chi connectivity index (χ0v) is 14.5. The third kappa shape index (κ3) is 3.43. The number of fused-ring (bicyclic) bond motifs is 1. The Labute approximate surface area is 142 Å². The minimum absolute atomic E-state index is 0.0558. The minimum Gasteiger partial charge on any atom is -0.335 e. The molecule has 5 nitrogen and oxygen atoms in total. The van der Waals surface area contributed by atoms with Crippen LogP contribution in [0.25, 0.3) is 0 Å². The van der Waals surface area contributed by atoms with Gasteiger partial charge in [0.2, 0.25) is 10.0 Å². The largest absolute Gasteiger partial charge is 0.335 e. The van der Waals surface area contributed by atoms with Crippen LogP contribution in [0, 0.1) is 0 Å². The molecule has 0 fully saturated rings. The predicted molar refractivity (Wildman–Crippen MR) is 94.5 cm³/mol. The molecule has 1 atom stereocenters. The lowest BCUT2D eigenvalue weighted by Gasteiger charge is -2.25. The summed E-state index contributed by atoms with van der Waals surface area (Å²) in [6, 6.07) is 14.8. The van der Waals surface area contributed by atoms with Gasteiger partial charge in [0, 0.05) is 18.3 Å². The van der Waals surface area contributed by atoms with Crippen molar-refractivity contribution in [3.63, 3.8) is 0 Å². The molecule has 0 bridgehead atoms. The number of sulfonamides is 1. The molecule has 126 valence electrons. The molecule has 0 heterocycles. The number of aryl methyl sites for hydroxylation is 1. The second kappa shape index (κ2) is 6.28. The summed E-state index contributed by atoms with van der Waals surface area (Å²) in [5, 5.41) is 0. The maximum Gasteiger partial charge on any atom is 0.254 e. The fourth-order valence-corrected chi connectivity index (χ4v) is 3.77. The summed E-state index contributed by atoms with van der Waals surface area (Å²) in [5.74, 6) is -0.117. The van der Waals surface area contributed by atoms with Gasteiger partial charge in [0.25, 0.3) is 5.91 Å². The van der Waals surface area contributed by atoms with E-state index in [1.165, 1.54) is 11.1 Å². The minimum atomic E-state index is -3.37. The number of amides is 1. The maximum atomic E-state index is 12.8. The van der Waals surface area contributed by atoms with E-state index in [0.717, 1.165) is 19.1 Å². The van der Waals surface area contributed by atoms with Gasteiger partial charge in [-0.05, 0) is 42.2 Å². The van der Waals surface area contributed by atoms with Gasteiger partial charge in [0.1, 0.15) is 0 Å². The lowest BCUT2D eigenvalue weighted by molar-refractivity contribution is 0.0730. The zero-order chi connectivity index (χ0) is 17.3. The molecule has 0 aliphatic heterocycles. The molecule has 24 heavy (non-hydrogen) atoms. The van der Waals surface area contributed by atoms with Crippen molar-refractivity contribution < 1.29 is 13.2 Å². The highest BCUT2D eigenvalue weighted by molar-refractivity contribution is 7.92. The first-order valence-electron chi connectivity index (χ1n) is 7.78. The van der Waals surface area contributed by atoms with Crippen LogP contribution < -0.4 is 4.72 Å². The van der Waals surface area contributed by atoms with E-state index in [1.807, 2.05) is 12.1 Å². The van der Waals surface area contributed by atoms with Crippen molar-refractivity contribution in [2.45, 2.75) is 18.9 Å². The van der Waals surface area contributed by atoms with Crippen molar-refractivity contribution in [2.24, 2.45) is 0 Å². The maximum absolute atomic E-state index is 12.8. The van der Waals surface area contributed by atoms with Gasteiger partial charge < -0.3 is 4.90 Å². The van der Waals surface area contributed by atoms with E-state index in [2.05, 4.69) is 16.9 Å². The van der Waals surface area contributed by atoms with Gasteiger partial charge in [-0.2, -0.15) is 0 Å². The molecule has 2 aromatic carbocycles. The van der Waals surface area contributed by atoms with Crippen molar-refractivity contribution in [3.8, 4) is 0 Å². The van der Waals surface area contributed by atoms with Crippen LogP contribution in [0.15, 0.2) is 48.5 Å². The Morgan fingerprint density at radius 3 is 2.67 bits per heavy atom. The van der Waals surface area contributed by atoms with Crippen molar-refractivity contribution in [3.05, 3.63) is 65.2 Å². The zero-order valence-electron chi connectivity index (χ0n) is 13.7. The molecule has 0 radical (unpaired) electrons. The van der Waals surface area contributed by atoms with Gasteiger partial charge in [-0.1, -0.05) is 30.3 Å². The average molecular weight is 344 g/mol. The van der Waals surface area contributed by atoms with Crippen molar-refractivity contribution in [1.29, 1.82) is 0 Å². The number of anilines is 1. The molecular weight excluding hydrogens is 324 g/mol. The molecule has 6 heteroatoms. The molecule has 0 aromatic heterocycles. The first-order chi connectivity index (χ1) is 11.3. The van der Waals surface area contributed by atoms with Gasteiger partial charge in [-0.25, -0.2) is 8.42 Å². The second-order valence-corrected chi connectivity index (χ2v) is 7.87. The topological polar surface area (TPSA) is 66.5 Å². The summed E-state index contributed by atoms with van der Waals surface area (Å²) < 4.78 is 25.1. The average Bonchev–Trinajstić information content (AvgIpc) is 2.96. The molecule has 1 unspecified atom stereocenters. The molecule has 0 saturated heterocycles. The van der Waals surface area contributed by atoms with Crippen molar-refractivity contribution in [1.82, 2.24) is 4.90 Å². The number of hydrogen-bond acceptors (Lipinski definition) is 3. The summed E-state index contributed by atoms with van der Waals surface area (Å²) in [7, 11) is -1.57. The number of nitrogens with zero attached hydrogens (tertiary/aromatic N) is 1. The van der Waals surface area contributed by atoms with E-state index >= 15 is 0 Å². The standard InChI is InChI=1S/C18H20N2O3S/c1-20(17-11-10-13-6-3-4-9-16(13)17)18(21)14-7-5-8-15(12-14)19-24(2,22)23/h3-9,12,17,19H,10-11H2,1-2H3. The molecule has 2 aromatic rings. The summed E-state index contributed by atoms with van der Waals surface area (Å²) in [6.07, 6.45) is 2.96. The highest BCUT2D eigenvalue weighted by Crippen LogP contribution is 2.35. The van der Waals surface area contributed by atoms with E-state index in [1.54, 1.807) is 36.2 Å². The Kier molecular flexibility index (Phi) is 4.32. The predicted octanol–water partition coefficient (Wildman–Crippen LogP) is 2.82. The van der Waals surface area contributed by atoms with Gasteiger partial charge in [-0.3, -0.25) is 9.52 Å². The molecule has 0 saturated carbocycles. The second-order valence-electron chi connectivity index (χ2n) is 6.12.